The summed E-state index contributed by atoms with van der Waals surface area (Å²) in [7, 11) is 0. The molecule has 0 N–H and O–H groups in total. The Hall–Kier alpha value is -3.04. The fourth-order valence-electron chi connectivity index (χ4n) is 3.19. The summed E-state index contributed by atoms with van der Waals surface area (Å²) in [5.74, 6) is -1.42. The Labute approximate surface area is 147 Å². The van der Waals surface area contributed by atoms with Crippen molar-refractivity contribution in [1.82, 2.24) is 10.2 Å². The number of nitrogens with zero attached hydrogens (tertiary/aromatic N) is 3. The molecule has 0 aliphatic heterocycles. The van der Waals surface area contributed by atoms with Gasteiger partial charge in [0.05, 0.1) is 12.7 Å². The summed E-state index contributed by atoms with van der Waals surface area (Å²) in [4.78, 5) is 34.4. The maximum atomic E-state index is 12.0. The van der Waals surface area contributed by atoms with E-state index in [1.165, 1.54) is 6.26 Å². The van der Waals surface area contributed by atoms with Gasteiger partial charge in [0.2, 0.25) is 6.54 Å². The number of aromatic nitrogens is 2. The summed E-state index contributed by atoms with van der Waals surface area (Å²) < 4.78 is 15.5. The summed E-state index contributed by atoms with van der Waals surface area (Å²) in [5.41, 5.74) is 0. The van der Waals surface area contributed by atoms with Crippen LogP contribution in [-0.2, 0) is 20.9 Å². The molecule has 0 saturated heterocycles. The van der Waals surface area contributed by atoms with Gasteiger partial charge < -0.3 is 13.6 Å². The van der Waals surface area contributed by atoms with Gasteiger partial charge >= 0.3 is 5.97 Å². The highest BCUT2D eigenvalue weighted by molar-refractivity contribution is 5.87. The molecule has 10 heteroatoms. The van der Waals surface area contributed by atoms with Crippen LogP contribution in [0.5, 0.6) is 0 Å². The molecule has 138 valence electrons. The molecule has 1 fully saturated rings. The van der Waals surface area contributed by atoms with E-state index in [9.17, 15) is 19.7 Å². The number of rotatable bonds is 7. The summed E-state index contributed by atoms with van der Waals surface area (Å²) in [6.45, 7) is 1.20. The summed E-state index contributed by atoms with van der Waals surface area (Å²) >= 11 is 0. The fraction of sp³-hybridized carbons (Fsp3) is 0.500. The summed E-state index contributed by atoms with van der Waals surface area (Å²) in [6, 6.07) is 3.31. The van der Waals surface area contributed by atoms with Crippen LogP contribution < -0.4 is 0 Å². The molecule has 2 heterocycles. The van der Waals surface area contributed by atoms with Crippen molar-refractivity contribution in [3.8, 4) is 11.7 Å². The molecular weight excluding hydrogens is 346 g/mol. The van der Waals surface area contributed by atoms with Crippen LogP contribution in [0.1, 0.15) is 25.7 Å². The van der Waals surface area contributed by atoms with Crippen molar-refractivity contribution in [2.45, 2.75) is 26.4 Å². The van der Waals surface area contributed by atoms with Crippen LogP contribution in [0.4, 0.5) is 0 Å². The first-order valence-corrected chi connectivity index (χ1v) is 8.10. The fourth-order valence-corrected chi connectivity index (χ4v) is 3.19. The molecule has 1 aliphatic carbocycles. The van der Waals surface area contributed by atoms with Crippen molar-refractivity contribution in [3.63, 3.8) is 0 Å². The van der Waals surface area contributed by atoms with Gasteiger partial charge in [-0.1, -0.05) is 6.92 Å². The van der Waals surface area contributed by atoms with E-state index in [1.807, 2.05) is 0 Å². The molecule has 0 bridgehead atoms. The van der Waals surface area contributed by atoms with E-state index in [2.05, 4.69) is 10.2 Å². The molecule has 3 atom stereocenters. The molecule has 0 amide bonds. The SMILES string of the molecule is C[C@@H]1CC(=O)[C@@H](CC(=O)OCc2nnc(-c3ccco3)o2)[C@@H]1C[N+](=O)[O-]. The monoisotopic (exact) mass is 363 g/mol. The Bertz CT molecular complexity index is 799. The zero-order chi connectivity index (χ0) is 18.7. The highest BCUT2D eigenvalue weighted by Crippen LogP contribution is 2.36. The van der Waals surface area contributed by atoms with Gasteiger partial charge in [0.15, 0.2) is 12.4 Å². The van der Waals surface area contributed by atoms with Crippen molar-refractivity contribution in [1.29, 1.82) is 0 Å². The third-order valence-corrected chi connectivity index (χ3v) is 4.49. The zero-order valence-corrected chi connectivity index (χ0v) is 14.0. The largest absolute Gasteiger partial charge is 0.459 e. The third-order valence-electron chi connectivity index (χ3n) is 4.49. The topological polar surface area (TPSA) is 139 Å². The second-order valence-corrected chi connectivity index (χ2v) is 6.28. The van der Waals surface area contributed by atoms with E-state index in [0.717, 1.165) is 0 Å². The molecule has 3 rings (SSSR count). The first-order valence-electron chi connectivity index (χ1n) is 8.10. The average Bonchev–Trinajstić information content (AvgIpc) is 3.29. The predicted molar refractivity (Wildman–Crippen MR) is 84.0 cm³/mol. The number of hydrogen-bond donors (Lipinski definition) is 0. The minimum Gasteiger partial charge on any atom is -0.459 e. The third kappa shape index (κ3) is 3.95. The van der Waals surface area contributed by atoms with Gasteiger partial charge in [-0.05, 0) is 18.1 Å². The van der Waals surface area contributed by atoms with Gasteiger partial charge in [-0.15, -0.1) is 10.2 Å². The van der Waals surface area contributed by atoms with Gasteiger partial charge in [0.1, 0.15) is 5.78 Å². The van der Waals surface area contributed by atoms with Crippen molar-refractivity contribution in [2.24, 2.45) is 17.8 Å². The van der Waals surface area contributed by atoms with Crippen molar-refractivity contribution in [3.05, 3.63) is 34.4 Å². The Morgan fingerprint density at radius 2 is 2.27 bits per heavy atom. The maximum Gasteiger partial charge on any atom is 0.307 e. The quantitative estimate of drug-likeness (QED) is 0.410. The maximum absolute atomic E-state index is 12.0. The first-order chi connectivity index (χ1) is 12.4. The van der Waals surface area contributed by atoms with Crippen LogP contribution in [0.2, 0.25) is 0 Å². The summed E-state index contributed by atoms with van der Waals surface area (Å²) in [5, 5.41) is 18.3. The number of carbonyl (C=O) groups is 2. The van der Waals surface area contributed by atoms with Crippen LogP contribution >= 0.6 is 0 Å². The Morgan fingerprint density at radius 3 is 2.96 bits per heavy atom. The molecule has 1 saturated carbocycles. The Kier molecular flexibility index (Phi) is 5.10. The lowest BCUT2D eigenvalue weighted by Crippen LogP contribution is -2.27. The van der Waals surface area contributed by atoms with Crippen molar-refractivity contribution >= 4 is 11.8 Å². The van der Waals surface area contributed by atoms with Gasteiger partial charge in [-0.3, -0.25) is 19.7 Å². The van der Waals surface area contributed by atoms with Crippen LogP contribution in [0.25, 0.3) is 11.7 Å². The molecule has 2 aromatic heterocycles. The number of carbonyl (C=O) groups excluding carboxylic acids is 2. The van der Waals surface area contributed by atoms with Crippen LogP contribution in [0.15, 0.2) is 27.2 Å². The number of furan rings is 1. The molecule has 0 radical (unpaired) electrons. The van der Waals surface area contributed by atoms with Gasteiger partial charge in [0.25, 0.3) is 11.8 Å². The molecule has 0 spiro atoms. The Balaban J connectivity index is 1.55. The molecule has 26 heavy (non-hydrogen) atoms. The minimum atomic E-state index is -0.690. The van der Waals surface area contributed by atoms with E-state index in [1.54, 1.807) is 19.1 Å². The standard InChI is InChI=1S/C16H17N3O7/c1-9-5-12(20)10(11(9)7-19(22)23)6-15(21)25-8-14-17-18-16(26-14)13-3-2-4-24-13/h2-4,9-11H,5-8H2,1H3/t9-,10+,11-/m1/s1. The lowest BCUT2D eigenvalue weighted by Gasteiger charge is -2.16. The Morgan fingerprint density at radius 1 is 1.46 bits per heavy atom. The van der Waals surface area contributed by atoms with Crippen LogP contribution in [0, 0.1) is 27.9 Å². The van der Waals surface area contributed by atoms with Gasteiger partial charge in [0, 0.05) is 23.2 Å². The van der Waals surface area contributed by atoms with E-state index >= 15 is 0 Å². The molecule has 10 nitrogen and oxygen atoms in total. The average molecular weight is 363 g/mol. The number of esters is 1. The van der Waals surface area contributed by atoms with Crippen molar-refractivity contribution < 1.29 is 28.1 Å². The molecule has 2 aromatic rings. The molecule has 0 unspecified atom stereocenters. The number of Topliss-reactive ketones (excluding diaryl/α,β-unsaturated/α-hetero) is 1. The van der Waals surface area contributed by atoms with E-state index in [-0.39, 0.29) is 49.5 Å². The van der Waals surface area contributed by atoms with Gasteiger partial charge in [-0.25, -0.2) is 0 Å². The molecular formula is C16H17N3O7. The highest BCUT2D eigenvalue weighted by Gasteiger charge is 2.44. The smallest absolute Gasteiger partial charge is 0.307 e. The van der Waals surface area contributed by atoms with E-state index in [4.69, 9.17) is 13.6 Å². The highest BCUT2D eigenvalue weighted by atomic mass is 16.6. The van der Waals surface area contributed by atoms with E-state index < -0.39 is 22.7 Å². The normalized spacial score (nSPS) is 22.5. The second-order valence-electron chi connectivity index (χ2n) is 6.28. The number of nitro groups is 1. The van der Waals surface area contributed by atoms with Gasteiger partial charge in [-0.2, -0.15) is 0 Å². The lowest BCUT2D eigenvalue weighted by atomic mass is 9.88. The number of hydrogen-bond acceptors (Lipinski definition) is 9. The van der Waals surface area contributed by atoms with Crippen LogP contribution in [0.3, 0.4) is 0 Å². The molecule has 1 aliphatic rings. The first kappa shape index (κ1) is 17.8. The van der Waals surface area contributed by atoms with Crippen molar-refractivity contribution in [2.75, 3.05) is 6.54 Å². The number of ether oxygens (including phenoxy) is 1. The lowest BCUT2D eigenvalue weighted by molar-refractivity contribution is -0.490. The zero-order valence-electron chi connectivity index (χ0n) is 14.0. The van der Waals surface area contributed by atoms with Crippen LogP contribution in [-0.4, -0.2) is 33.4 Å². The molecule has 0 aromatic carbocycles. The minimum absolute atomic E-state index is 0.0812. The van der Waals surface area contributed by atoms with E-state index in [0.29, 0.717) is 5.76 Å². The predicted octanol–water partition coefficient (Wildman–Crippen LogP) is 1.88. The number of ketones is 1. The second kappa shape index (κ2) is 7.46. The summed E-state index contributed by atoms with van der Waals surface area (Å²) in [6.07, 6.45) is 1.51.